The Labute approximate surface area is 92.1 Å². The van der Waals surface area contributed by atoms with Crippen molar-refractivity contribution in [3.05, 3.63) is 23.1 Å². The van der Waals surface area contributed by atoms with Crippen molar-refractivity contribution in [3.63, 3.8) is 0 Å². The first-order chi connectivity index (χ1) is 7.27. The number of benzene rings is 1. The minimum absolute atomic E-state index is 0.00583. The van der Waals surface area contributed by atoms with Gasteiger partial charge in [-0.3, -0.25) is 0 Å². The van der Waals surface area contributed by atoms with Gasteiger partial charge < -0.3 is 15.6 Å². The van der Waals surface area contributed by atoms with E-state index >= 15 is 0 Å². The third-order valence-corrected chi connectivity index (χ3v) is 3.33. The van der Waals surface area contributed by atoms with Gasteiger partial charge in [-0.1, -0.05) is 6.07 Å². The van der Waals surface area contributed by atoms with Gasteiger partial charge in [0.2, 0.25) is 0 Å². The van der Waals surface area contributed by atoms with Gasteiger partial charge in [0.25, 0.3) is 0 Å². The van der Waals surface area contributed by atoms with Crippen molar-refractivity contribution in [2.45, 2.75) is 13.5 Å². The molecule has 0 amide bonds. The van der Waals surface area contributed by atoms with Crippen molar-refractivity contribution in [2.75, 3.05) is 12.3 Å². The smallest absolute Gasteiger partial charge is 0.145 e. The van der Waals surface area contributed by atoms with Crippen LogP contribution >= 0.6 is 11.3 Å². The Bertz CT molecular complexity index is 479. The van der Waals surface area contributed by atoms with E-state index in [1.807, 2.05) is 25.1 Å². The third kappa shape index (κ3) is 1.66. The number of nitrogens with two attached hydrogens (primary N) is 1. The second kappa shape index (κ2) is 4.08. The van der Waals surface area contributed by atoms with E-state index in [2.05, 4.69) is 0 Å². The molecule has 0 saturated heterocycles. The normalized spacial score (nSPS) is 10.8. The first-order valence-electron chi connectivity index (χ1n) is 4.81. The summed E-state index contributed by atoms with van der Waals surface area (Å²) in [5.41, 5.74) is 6.60. The number of hydrogen-bond donors (Lipinski definition) is 2. The van der Waals surface area contributed by atoms with E-state index in [1.54, 1.807) is 0 Å². The molecule has 0 aliphatic heterocycles. The number of aliphatic hydroxyl groups excluding tert-OH is 1. The zero-order valence-corrected chi connectivity index (χ0v) is 9.30. The fourth-order valence-corrected chi connectivity index (χ4v) is 2.64. The molecular weight excluding hydrogens is 210 g/mol. The number of thiophene rings is 1. The largest absolute Gasteiger partial charge is 0.492 e. The molecule has 1 aromatic carbocycles. The van der Waals surface area contributed by atoms with E-state index in [0.717, 1.165) is 20.7 Å². The lowest BCUT2D eigenvalue weighted by Gasteiger charge is -2.04. The Kier molecular flexibility index (Phi) is 2.79. The summed E-state index contributed by atoms with van der Waals surface area (Å²) in [7, 11) is 0. The number of anilines is 1. The molecule has 1 heterocycles. The van der Waals surface area contributed by atoms with E-state index in [0.29, 0.717) is 12.3 Å². The van der Waals surface area contributed by atoms with Crippen LogP contribution in [0.1, 0.15) is 11.8 Å². The van der Waals surface area contributed by atoms with Crippen molar-refractivity contribution in [1.82, 2.24) is 0 Å². The van der Waals surface area contributed by atoms with Gasteiger partial charge in [0, 0.05) is 10.4 Å². The van der Waals surface area contributed by atoms with E-state index in [-0.39, 0.29) is 6.61 Å². The molecule has 4 heteroatoms. The molecule has 3 nitrogen and oxygen atoms in total. The second-order valence-corrected chi connectivity index (χ2v) is 4.30. The minimum atomic E-state index is -0.00583. The van der Waals surface area contributed by atoms with Gasteiger partial charge in [0.15, 0.2) is 0 Å². The lowest BCUT2D eigenvalue weighted by Crippen LogP contribution is -1.95. The van der Waals surface area contributed by atoms with Gasteiger partial charge in [0.1, 0.15) is 5.75 Å². The summed E-state index contributed by atoms with van der Waals surface area (Å²) in [4.78, 5) is 0.838. The number of fused-ring (bicyclic) bond motifs is 1. The average Bonchev–Trinajstić information content (AvgIpc) is 2.58. The predicted octanol–water partition coefficient (Wildman–Crippen LogP) is 2.37. The van der Waals surface area contributed by atoms with Gasteiger partial charge in [-0.2, -0.15) is 0 Å². The molecular formula is C11H13NO2S. The molecule has 0 aliphatic carbocycles. The molecule has 0 saturated carbocycles. The summed E-state index contributed by atoms with van der Waals surface area (Å²) in [5.74, 6) is 0.734. The molecule has 0 atom stereocenters. The number of hydrogen-bond acceptors (Lipinski definition) is 4. The van der Waals surface area contributed by atoms with Crippen LogP contribution in [0.3, 0.4) is 0 Å². The lowest BCUT2D eigenvalue weighted by atomic mass is 10.2. The van der Waals surface area contributed by atoms with Crippen LogP contribution < -0.4 is 10.5 Å². The quantitative estimate of drug-likeness (QED) is 0.785. The lowest BCUT2D eigenvalue weighted by molar-refractivity contribution is 0.273. The topological polar surface area (TPSA) is 55.5 Å². The molecule has 15 heavy (non-hydrogen) atoms. The molecule has 0 spiro atoms. The van der Waals surface area contributed by atoms with Crippen LogP contribution in [0.15, 0.2) is 18.2 Å². The van der Waals surface area contributed by atoms with Crippen LogP contribution in [0.2, 0.25) is 0 Å². The maximum Gasteiger partial charge on any atom is 0.145 e. The molecule has 2 rings (SSSR count). The fourth-order valence-electron chi connectivity index (χ4n) is 1.60. The van der Waals surface area contributed by atoms with Crippen LogP contribution in [-0.2, 0) is 6.61 Å². The molecule has 1 aromatic heterocycles. The summed E-state index contributed by atoms with van der Waals surface area (Å²) in [6, 6.07) is 5.74. The molecule has 0 unspecified atom stereocenters. The summed E-state index contributed by atoms with van der Waals surface area (Å²) in [6.07, 6.45) is 0. The highest BCUT2D eigenvalue weighted by atomic mass is 32.1. The number of nitrogen functional groups attached to an aromatic ring is 1. The van der Waals surface area contributed by atoms with Crippen molar-refractivity contribution in [2.24, 2.45) is 0 Å². The zero-order valence-electron chi connectivity index (χ0n) is 8.49. The van der Waals surface area contributed by atoms with E-state index in [4.69, 9.17) is 10.5 Å². The maximum atomic E-state index is 9.23. The fraction of sp³-hybridized carbons (Fsp3) is 0.273. The molecule has 0 bridgehead atoms. The standard InChI is InChI=1S/C11H13NO2S/c1-2-14-11-9(6-13)15-8-5-3-4-7(12)10(8)11/h3-5,13H,2,6,12H2,1H3. The molecule has 3 N–H and O–H groups in total. The van der Waals surface area contributed by atoms with Gasteiger partial charge in [-0.05, 0) is 19.1 Å². The van der Waals surface area contributed by atoms with Crippen molar-refractivity contribution in [3.8, 4) is 5.75 Å². The van der Waals surface area contributed by atoms with Crippen LogP contribution in [0.5, 0.6) is 5.75 Å². The summed E-state index contributed by atoms with van der Waals surface area (Å²) in [5, 5.41) is 10.2. The van der Waals surface area contributed by atoms with Crippen molar-refractivity contribution >= 4 is 27.1 Å². The van der Waals surface area contributed by atoms with Gasteiger partial charge in [-0.15, -0.1) is 11.3 Å². The van der Waals surface area contributed by atoms with Gasteiger partial charge in [-0.25, -0.2) is 0 Å². The Balaban J connectivity index is 2.70. The summed E-state index contributed by atoms with van der Waals surface area (Å²) >= 11 is 1.52. The van der Waals surface area contributed by atoms with Crippen molar-refractivity contribution < 1.29 is 9.84 Å². The third-order valence-electron chi connectivity index (χ3n) is 2.20. The number of rotatable bonds is 3. The highest BCUT2D eigenvalue weighted by molar-refractivity contribution is 7.19. The van der Waals surface area contributed by atoms with E-state index in [1.165, 1.54) is 11.3 Å². The zero-order chi connectivity index (χ0) is 10.8. The second-order valence-electron chi connectivity index (χ2n) is 3.17. The highest BCUT2D eigenvalue weighted by Gasteiger charge is 2.14. The Morgan fingerprint density at radius 3 is 2.93 bits per heavy atom. The van der Waals surface area contributed by atoms with Crippen LogP contribution in [-0.4, -0.2) is 11.7 Å². The Morgan fingerprint density at radius 2 is 2.27 bits per heavy atom. The number of ether oxygens (including phenoxy) is 1. The van der Waals surface area contributed by atoms with Crippen LogP contribution in [0.25, 0.3) is 10.1 Å². The summed E-state index contributed by atoms with van der Waals surface area (Å²) < 4.78 is 6.59. The maximum absolute atomic E-state index is 9.23. The van der Waals surface area contributed by atoms with E-state index in [9.17, 15) is 5.11 Å². The van der Waals surface area contributed by atoms with E-state index < -0.39 is 0 Å². The Hall–Kier alpha value is -1.26. The molecule has 0 aliphatic rings. The molecule has 0 radical (unpaired) electrons. The number of aliphatic hydroxyl groups is 1. The molecule has 80 valence electrons. The SMILES string of the molecule is CCOc1c(CO)sc2cccc(N)c12. The van der Waals surface area contributed by atoms with Crippen molar-refractivity contribution in [1.29, 1.82) is 0 Å². The first kappa shape index (κ1) is 10.3. The minimum Gasteiger partial charge on any atom is -0.492 e. The van der Waals surface area contributed by atoms with Crippen LogP contribution in [0.4, 0.5) is 5.69 Å². The summed E-state index contributed by atoms with van der Waals surface area (Å²) in [6.45, 7) is 2.49. The van der Waals surface area contributed by atoms with Gasteiger partial charge >= 0.3 is 0 Å². The van der Waals surface area contributed by atoms with Crippen LogP contribution in [0, 0.1) is 0 Å². The monoisotopic (exact) mass is 223 g/mol. The van der Waals surface area contributed by atoms with Gasteiger partial charge in [0.05, 0.1) is 23.5 Å². The Morgan fingerprint density at radius 1 is 1.47 bits per heavy atom. The average molecular weight is 223 g/mol. The first-order valence-corrected chi connectivity index (χ1v) is 5.63. The highest BCUT2D eigenvalue weighted by Crippen LogP contribution is 2.40. The predicted molar refractivity (Wildman–Crippen MR) is 63.3 cm³/mol. The molecule has 0 fully saturated rings. The molecule has 2 aromatic rings.